The quantitative estimate of drug-likeness (QED) is 0.608. The van der Waals surface area contributed by atoms with E-state index in [0.717, 1.165) is 10.4 Å². The van der Waals surface area contributed by atoms with Crippen molar-refractivity contribution in [3.05, 3.63) is 40.3 Å². The van der Waals surface area contributed by atoms with Crippen molar-refractivity contribution >= 4 is 49.9 Å². The summed E-state index contributed by atoms with van der Waals surface area (Å²) >= 11 is 2.74. The van der Waals surface area contributed by atoms with Crippen molar-refractivity contribution in [3.63, 3.8) is 0 Å². The molecule has 1 N–H and O–H groups in total. The number of hydrogen-bond acceptors (Lipinski definition) is 7. The van der Waals surface area contributed by atoms with Crippen LogP contribution in [0.2, 0.25) is 0 Å². The van der Waals surface area contributed by atoms with E-state index in [2.05, 4.69) is 11.4 Å². The lowest BCUT2D eigenvalue weighted by molar-refractivity contribution is -0.129. The molecule has 1 fully saturated rings. The fraction of sp³-hybridized carbons (Fsp3) is 0.435. The molecule has 180 valence electrons. The summed E-state index contributed by atoms with van der Waals surface area (Å²) in [6.07, 6.45) is 3.27. The van der Waals surface area contributed by atoms with Crippen molar-refractivity contribution < 1.29 is 18.0 Å². The van der Waals surface area contributed by atoms with Gasteiger partial charge in [-0.1, -0.05) is 12.1 Å². The van der Waals surface area contributed by atoms with Gasteiger partial charge in [0.15, 0.2) is 0 Å². The second kappa shape index (κ2) is 10.1. The van der Waals surface area contributed by atoms with Crippen LogP contribution < -0.4 is 5.32 Å². The lowest BCUT2D eigenvalue weighted by atomic mass is 9.97. The summed E-state index contributed by atoms with van der Waals surface area (Å²) in [6.45, 7) is 3.08. The third-order valence-corrected chi connectivity index (χ3v) is 10.4. The number of carbonyl (C=O) groups excluding carboxylic acids is 2. The predicted octanol–water partition coefficient (Wildman–Crippen LogP) is 3.29. The molecule has 2 aromatic rings. The molecular weight excluding hydrogens is 492 g/mol. The number of benzene rings is 1. The number of nitrogens with one attached hydrogen (secondary N) is 1. The van der Waals surface area contributed by atoms with Crippen LogP contribution in [0, 0.1) is 17.2 Å². The van der Waals surface area contributed by atoms with Gasteiger partial charge in [0.25, 0.3) is 0 Å². The summed E-state index contributed by atoms with van der Waals surface area (Å²) in [5.41, 5.74) is 1.39. The van der Waals surface area contributed by atoms with Crippen LogP contribution in [-0.4, -0.2) is 55.3 Å². The molecule has 2 amide bonds. The summed E-state index contributed by atoms with van der Waals surface area (Å²) < 4.78 is 27.8. The van der Waals surface area contributed by atoms with Gasteiger partial charge in [0.05, 0.1) is 17.0 Å². The Hall–Kier alpha value is -2.39. The minimum absolute atomic E-state index is 0.00925. The molecule has 0 bridgehead atoms. The average Bonchev–Trinajstić information content (AvgIpc) is 3.19. The first-order valence-electron chi connectivity index (χ1n) is 11.0. The zero-order valence-corrected chi connectivity index (χ0v) is 21.5. The first-order chi connectivity index (χ1) is 16.3. The summed E-state index contributed by atoms with van der Waals surface area (Å²) in [5, 5.41) is 13.1. The molecule has 0 unspecified atom stereocenters. The number of hydrogen-bond donors (Lipinski definition) is 1. The van der Waals surface area contributed by atoms with E-state index in [9.17, 15) is 23.3 Å². The molecular formula is C23H26N4O4S3. The monoisotopic (exact) mass is 518 g/mol. The number of thiophene rings is 1. The predicted molar refractivity (Wildman–Crippen MR) is 132 cm³/mol. The van der Waals surface area contributed by atoms with E-state index in [-0.39, 0.29) is 30.8 Å². The molecule has 1 aromatic heterocycles. The van der Waals surface area contributed by atoms with E-state index < -0.39 is 10.0 Å². The molecule has 1 saturated heterocycles. The Kier molecular flexibility index (Phi) is 7.33. The van der Waals surface area contributed by atoms with Crippen LogP contribution in [0.15, 0.2) is 34.1 Å². The highest BCUT2D eigenvalue weighted by Gasteiger charge is 2.34. The van der Waals surface area contributed by atoms with Crippen molar-refractivity contribution in [2.75, 3.05) is 31.2 Å². The molecule has 8 nitrogen and oxygen atoms in total. The number of thioether (sulfide) groups is 1. The maximum absolute atomic E-state index is 13.2. The normalized spacial score (nSPS) is 17.1. The van der Waals surface area contributed by atoms with Crippen molar-refractivity contribution in [2.45, 2.75) is 42.5 Å². The maximum Gasteiger partial charge on any atom is 0.244 e. The molecule has 0 saturated carbocycles. The third kappa shape index (κ3) is 4.73. The van der Waals surface area contributed by atoms with E-state index in [1.165, 1.54) is 34.3 Å². The van der Waals surface area contributed by atoms with Gasteiger partial charge in [-0.15, -0.1) is 23.1 Å². The van der Waals surface area contributed by atoms with Crippen LogP contribution in [0.5, 0.6) is 0 Å². The SMILES string of the molecule is CSc1ccccc1S(=O)(=O)N1CCC(C(=O)Nc2sc3c(c2C#N)CCN(C(C)=O)C3)CC1. The Balaban J connectivity index is 1.43. The van der Waals surface area contributed by atoms with Crippen molar-refractivity contribution in [3.8, 4) is 6.07 Å². The van der Waals surface area contributed by atoms with Gasteiger partial charge in [-0.2, -0.15) is 9.57 Å². The first-order valence-corrected chi connectivity index (χ1v) is 14.5. The Labute approximate surface area is 208 Å². The second-order valence-corrected chi connectivity index (χ2v) is 12.2. The highest BCUT2D eigenvalue weighted by Crippen LogP contribution is 2.37. The second-order valence-electron chi connectivity index (χ2n) is 8.33. The van der Waals surface area contributed by atoms with E-state index in [4.69, 9.17) is 0 Å². The molecule has 2 aliphatic heterocycles. The first kappa shape index (κ1) is 24.7. The van der Waals surface area contributed by atoms with Crippen LogP contribution in [-0.2, 0) is 32.6 Å². The summed E-state index contributed by atoms with van der Waals surface area (Å²) in [6, 6.07) is 9.16. The standard InChI is InChI=1S/C23H26N4O4S3/c1-15(28)26-10-9-17-18(13-24)23(33-20(17)14-26)25-22(29)16-7-11-27(12-8-16)34(30,31)21-6-4-3-5-19(21)32-2/h3-6,16H,7-12,14H2,1-2H3,(H,25,29). The molecule has 0 radical (unpaired) electrons. The van der Waals surface area contributed by atoms with Crippen LogP contribution in [0.1, 0.15) is 35.8 Å². The Morgan fingerprint density at radius 2 is 1.91 bits per heavy atom. The number of nitrogens with zero attached hydrogens (tertiary/aromatic N) is 3. The molecule has 3 heterocycles. The van der Waals surface area contributed by atoms with Crippen LogP contribution in [0.3, 0.4) is 0 Å². The minimum atomic E-state index is -3.63. The van der Waals surface area contributed by atoms with Gasteiger partial charge < -0.3 is 10.2 Å². The summed E-state index contributed by atoms with van der Waals surface area (Å²) in [7, 11) is -3.63. The smallest absolute Gasteiger partial charge is 0.244 e. The van der Waals surface area contributed by atoms with E-state index >= 15 is 0 Å². The van der Waals surface area contributed by atoms with Crippen LogP contribution in [0.25, 0.3) is 0 Å². The third-order valence-electron chi connectivity index (χ3n) is 6.36. The van der Waals surface area contributed by atoms with Gasteiger partial charge in [-0.25, -0.2) is 8.42 Å². The number of sulfonamides is 1. The largest absolute Gasteiger partial charge is 0.337 e. The fourth-order valence-electron chi connectivity index (χ4n) is 4.42. The average molecular weight is 519 g/mol. The topological polar surface area (TPSA) is 111 Å². The molecule has 4 rings (SSSR count). The zero-order chi connectivity index (χ0) is 24.5. The van der Waals surface area contributed by atoms with E-state index in [0.29, 0.717) is 52.7 Å². The summed E-state index contributed by atoms with van der Waals surface area (Å²) in [5.74, 6) is -0.535. The van der Waals surface area contributed by atoms with Crippen molar-refractivity contribution in [1.82, 2.24) is 9.21 Å². The van der Waals surface area contributed by atoms with Crippen LogP contribution in [0.4, 0.5) is 5.00 Å². The van der Waals surface area contributed by atoms with Gasteiger partial charge >= 0.3 is 0 Å². The van der Waals surface area contributed by atoms with Gasteiger partial charge in [-0.3, -0.25) is 9.59 Å². The molecule has 0 spiro atoms. The van der Waals surface area contributed by atoms with E-state index in [1.54, 1.807) is 23.1 Å². The van der Waals surface area contributed by atoms with Crippen LogP contribution >= 0.6 is 23.1 Å². The van der Waals surface area contributed by atoms with Gasteiger partial charge in [-0.05, 0) is 43.2 Å². The van der Waals surface area contributed by atoms with Gasteiger partial charge in [0.1, 0.15) is 11.1 Å². The van der Waals surface area contributed by atoms with Gasteiger partial charge in [0.2, 0.25) is 21.8 Å². The zero-order valence-electron chi connectivity index (χ0n) is 19.0. The molecule has 2 aliphatic rings. The minimum Gasteiger partial charge on any atom is -0.337 e. The Morgan fingerprint density at radius 3 is 2.56 bits per heavy atom. The number of nitriles is 1. The molecule has 0 atom stereocenters. The molecule has 11 heteroatoms. The number of amides is 2. The lowest BCUT2D eigenvalue weighted by Gasteiger charge is -2.30. The van der Waals surface area contributed by atoms with Crippen molar-refractivity contribution in [1.29, 1.82) is 5.26 Å². The Bertz CT molecular complexity index is 1260. The van der Waals surface area contributed by atoms with Gasteiger partial charge in [0, 0.05) is 42.2 Å². The number of anilines is 1. The molecule has 1 aromatic carbocycles. The number of rotatable bonds is 5. The molecule has 0 aliphatic carbocycles. The number of carbonyl (C=O) groups is 2. The lowest BCUT2D eigenvalue weighted by Crippen LogP contribution is -2.41. The number of piperidine rings is 1. The highest BCUT2D eigenvalue weighted by atomic mass is 32.2. The summed E-state index contributed by atoms with van der Waals surface area (Å²) in [4.78, 5) is 28.4. The van der Waals surface area contributed by atoms with E-state index in [1.807, 2.05) is 12.3 Å². The maximum atomic E-state index is 13.2. The highest BCUT2D eigenvalue weighted by molar-refractivity contribution is 7.99. The number of fused-ring (bicyclic) bond motifs is 1. The Morgan fingerprint density at radius 1 is 1.21 bits per heavy atom. The van der Waals surface area contributed by atoms with Crippen molar-refractivity contribution in [2.24, 2.45) is 5.92 Å². The molecule has 34 heavy (non-hydrogen) atoms. The fourth-order valence-corrected chi connectivity index (χ4v) is 8.23.